The highest BCUT2D eigenvalue weighted by Crippen LogP contribution is 2.28. The number of aromatic nitrogens is 2. The van der Waals surface area contributed by atoms with E-state index in [-0.39, 0.29) is 0 Å². The van der Waals surface area contributed by atoms with Crippen molar-refractivity contribution in [1.29, 1.82) is 0 Å². The molecule has 134 valence electrons. The molecule has 1 aliphatic heterocycles. The van der Waals surface area contributed by atoms with Crippen LogP contribution < -0.4 is 4.90 Å². The number of hydrogen-bond donors (Lipinski definition) is 0. The maximum Gasteiger partial charge on any atom is 0.249 e. The first-order chi connectivity index (χ1) is 12.7. The van der Waals surface area contributed by atoms with Crippen LogP contribution in [-0.2, 0) is 6.54 Å². The minimum atomic E-state index is 0.459. The third-order valence-corrected chi connectivity index (χ3v) is 5.14. The minimum absolute atomic E-state index is 0.459. The fourth-order valence-corrected chi connectivity index (χ4v) is 3.58. The van der Waals surface area contributed by atoms with E-state index in [1.54, 1.807) is 0 Å². The van der Waals surface area contributed by atoms with Crippen LogP contribution in [0.15, 0.2) is 52.9 Å². The van der Waals surface area contributed by atoms with Crippen LogP contribution in [0.4, 0.5) is 5.69 Å². The fraction of sp³-hybridized carbons (Fsp3) is 0.263. The van der Waals surface area contributed by atoms with E-state index in [0.717, 1.165) is 42.5 Å². The predicted molar refractivity (Wildman–Crippen MR) is 104 cm³/mol. The summed E-state index contributed by atoms with van der Waals surface area (Å²) < 4.78 is 5.80. The number of hydrogen-bond acceptors (Lipinski definition) is 5. The predicted octanol–water partition coefficient (Wildman–Crippen LogP) is 4.37. The fourth-order valence-electron chi connectivity index (χ4n) is 3.11. The van der Waals surface area contributed by atoms with Crippen LogP contribution in [0.1, 0.15) is 5.89 Å². The Morgan fingerprint density at radius 2 is 1.54 bits per heavy atom. The summed E-state index contributed by atoms with van der Waals surface area (Å²) in [5.41, 5.74) is 1.85. The summed E-state index contributed by atoms with van der Waals surface area (Å²) in [6.45, 7) is 4.28. The molecule has 1 fully saturated rings. The number of piperazine rings is 1. The van der Waals surface area contributed by atoms with Gasteiger partial charge in [0.25, 0.3) is 0 Å². The van der Waals surface area contributed by atoms with E-state index in [4.69, 9.17) is 27.6 Å². The molecule has 2 aromatic carbocycles. The van der Waals surface area contributed by atoms with Crippen molar-refractivity contribution in [2.75, 3.05) is 31.1 Å². The molecule has 0 aliphatic carbocycles. The molecular weight excluding hydrogens is 371 g/mol. The molecule has 0 unspecified atom stereocenters. The summed E-state index contributed by atoms with van der Waals surface area (Å²) in [5.74, 6) is 1.06. The van der Waals surface area contributed by atoms with Crippen LogP contribution in [0.25, 0.3) is 11.5 Å². The zero-order valence-electron chi connectivity index (χ0n) is 14.1. The second-order valence-electron chi connectivity index (χ2n) is 6.20. The maximum atomic E-state index is 6.30. The van der Waals surface area contributed by atoms with Crippen LogP contribution >= 0.6 is 23.2 Å². The van der Waals surface area contributed by atoms with Gasteiger partial charge in [0.15, 0.2) is 0 Å². The zero-order chi connectivity index (χ0) is 17.9. The normalized spacial score (nSPS) is 15.4. The van der Waals surface area contributed by atoms with Gasteiger partial charge in [-0.25, -0.2) is 0 Å². The Morgan fingerprint density at radius 3 is 2.27 bits per heavy atom. The van der Waals surface area contributed by atoms with E-state index in [2.05, 4.69) is 26.1 Å². The standard InChI is InChI=1S/C19H18Cl2N4O/c20-15-6-2-1-5-14(15)19-23-22-18(26-19)13-24-9-11-25(12-10-24)17-8-4-3-7-16(17)21/h1-8H,9-13H2. The molecule has 0 bridgehead atoms. The lowest BCUT2D eigenvalue weighted by Crippen LogP contribution is -2.46. The molecule has 0 atom stereocenters. The van der Waals surface area contributed by atoms with Crippen molar-refractivity contribution < 1.29 is 4.42 Å². The Hall–Kier alpha value is -2.08. The second kappa shape index (κ2) is 7.66. The van der Waals surface area contributed by atoms with E-state index in [9.17, 15) is 0 Å². The lowest BCUT2D eigenvalue weighted by molar-refractivity contribution is 0.227. The molecule has 3 aromatic rings. The number of nitrogens with zero attached hydrogens (tertiary/aromatic N) is 4. The lowest BCUT2D eigenvalue weighted by Gasteiger charge is -2.35. The van der Waals surface area contributed by atoms with Gasteiger partial charge in [-0.05, 0) is 24.3 Å². The summed E-state index contributed by atoms with van der Waals surface area (Å²) in [7, 11) is 0. The summed E-state index contributed by atoms with van der Waals surface area (Å²) >= 11 is 12.5. The number of benzene rings is 2. The lowest BCUT2D eigenvalue weighted by atomic mass is 10.2. The van der Waals surface area contributed by atoms with Crippen LogP contribution in [-0.4, -0.2) is 41.3 Å². The molecule has 0 saturated carbocycles. The number of rotatable bonds is 4. The summed E-state index contributed by atoms with van der Waals surface area (Å²) in [5, 5.41) is 9.70. The molecule has 0 spiro atoms. The average Bonchev–Trinajstić information content (AvgIpc) is 3.11. The molecule has 2 heterocycles. The topological polar surface area (TPSA) is 45.4 Å². The first kappa shape index (κ1) is 17.3. The molecule has 1 aromatic heterocycles. The summed E-state index contributed by atoms with van der Waals surface area (Å²) in [4.78, 5) is 4.61. The van der Waals surface area contributed by atoms with E-state index in [1.165, 1.54) is 0 Å². The van der Waals surface area contributed by atoms with Gasteiger partial charge in [-0.2, -0.15) is 0 Å². The largest absolute Gasteiger partial charge is 0.419 e. The molecule has 1 saturated heterocycles. The Labute approximate surface area is 162 Å². The molecule has 4 rings (SSSR count). The van der Waals surface area contributed by atoms with Crippen LogP contribution in [0.5, 0.6) is 0 Å². The van der Waals surface area contributed by atoms with Gasteiger partial charge >= 0.3 is 0 Å². The Bertz CT molecular complexity index is 891. The number of halogens is 2. The Morgan fingerprint density at radius 1 is 0.846 bits per heavy atom. The van der Waals surface area contributed by atoms with Gasteiger partial charge < -0.3 is 9.32 Å². The molecule has 0 N–H and O–H groups in total. The quantitative estimate of drug-likeness (QED) is 0.663. The molecule has 0 amide bonds. The molecule has 1 aliphatic rings. The first-order valence-electron chi connectivity index (χ1n) is 8.50. The van der Waals surface area contributed by atoms with Crippen molar-refractivity contribution >= 4 is 28.9 Å². The summed E-state index contributed by atoms with van der Waals surface area (Å²) in [6, 6.07) is 15.4. The third-order valence-electron chi connectivity index (χ3n) is 4.50. The third kappa shape index (κ3) is 3.70. The molecule has 5 nitrogen and oxygen atoms in total. The zero-order valence-corrected chi connectivity index (χ0v) is 15.6. The summed E-state index contributed by atoms with van der Waals surface area (Å²) in [6.07, 6.45) is 0. The van der Waals surface area contributed by atoms with Gasteiger partial charge in [0.1, 0.15) is 0 Å². The van der Waals surface area contributed by atoms with E-state index in [1.807, 2.05) is 42.5 Å². The second-order valence-corrected chi connectivity index (χ2v) is 7.01. The van der Waals surface area contributed by atoms with E-state index < -0.39 is 0 Å². The van der Waals surface area contributed by atoms with Crippen molar-refractivity contribution in [3.63, 3.8) is 0 Å². The molecule has 26 heavy (non-hydrogen) atoms. The Balaban J connectivity index is 1.38. The van der Waals surface area contributed by atoms with Gasteiger partial charge in [-0.1, -0.05) is 47.5 Å². The van der Waals surface area contributed by atoms with Gasteiger partial charge in [0, 0.05) is 26.2 Å². The van der Waals surface area contributed by atoms with Crippen molar-refractivity contribution in [2.24, 2.45) is 0 Å². The Kier molecular flexibility index (Phi) is 5.11. The van der Waals surface area contributed by atoms with Gasteiger partial charge in [0.05, 0.1) is 27.8 Å². The van der Waals surface area contributed by atoms with Crippen LogP contribution in [0.2, 0.25) is 10.0 Å². The minimum Gasteiger partial charge on any atom is -0.419 e. The van der Waals surface area contributed by atoms with Crippen molar-refractivity contribution in [1.82, 2.24) is 15.1 Å². The van der Waals surface area contributed by atoms with Crippen molar-refractivity contribution in [3.05, 3.63) is 64.5 Å². The van der Waals surface area contributed by atoms with Crippen LogP contribution in [0, 0.1) is 0 Å². The van der Waals surface area contributed by atoms with E-state index >= 15 is 0 Å². The van der Waals surface area contributed by atoms with Crippen LogP contribution in [0.3, 0.4) is 0 Å². The number of anilines is 1. The monoisotopic (exact) mass is 388 g/mol. The highest BCUT2D eigenvalue weighted by Gasteiger charge is 2.21. The van der Waals surface area contributed by atoms with Crippen molar-refractivity contribution in [3.8, 4) is 11.5 Å². The van der Waals surface area contributed by atoms with Gasteiger partial charge in [0.2, 0.25) is 11.8 Å². The van der Waals surface area contributed by atoms with E-state index in [0.29, 0.717) is 23.3 Å². The highest BCUT2D eigenvalue weighted by molar-refractivity contribution is 6.33. The molecule has 0 radical (unpaired) electrons. The first-order valence-corrected chi connectivity index (χ1v) is 9.25. The molecular formula is C19H18Cl2N4O. The van der Waals surface area contributed by atoms with Gasteiger partial charge in [-0.3, -0.25) is 4.90 Å². The SMILES string of the molecule is Clc1ccccc1-c1nnc(CN2CCN(c3ccccc3Cl)CC2)o1. The number of para-hydroxylation sites is 1. The maximum absolute atomic E-state index is 6.30. The van der Waals surface area contributed by atoms with Crippen molar-refractivity contribution in [2.45, 2.75) is 6.54 Å². The van der Waals surface area contributed by atoms with Gasteiger partial charge in [-0.15, -0.1) is 10.2 Å². The molecule has 7 heteroatoms. The smallest absolute Gasteiger partial charge is 0.249 e. The average molecular weight is 389 g/mol. The highest BCUT2D eigenvalue weighted by atomic mass is 35.5.